The van der Waals surface area contributed by atoms with Crippen LogP contribution in [0.1, 0.15) is 5.56 Å². The van der Waals surface area contributed by atoms with Crippen LogP contribution in [-0.4, -0.2) is 22.3 Å². The second-order valence-electron chi connectivity index (χ2n) is 5.19. The summed E-state index contributed by atoms with van der Waals surface area (Å²) in [6, 6.07) is 16.3. The average molecular weight is 375 g/mol. The Balaban J connectivity index is 1.81. The number of rotatable bonds is 4. The summed E-state index contributed by atoms with van der Waals surface area (Å²) in [5.74, 6) is -0.920. The Kier molecular flexibility index (Phi) is 5.13. The summed E-state index contributed by atoms with van der Waals surface area (Å²) in [5, 5.41) is 10.8. The number of aromatic nitrogens is 2. The van der Waals surface area contributed by atoms with Crippen LogP contribution >= 0.6 is 11.3 Å². The van der Waals surface area contributed by atoms with Gasteiger partial charge in [0.1, 0.15) is 5.01 Å². The highest BCUT2D eigenvalue weighted by atomic mass is 32.1. The first-order valence-corrected chi connectivity index (χ1v) is 8.29. The van der Waals surface area contributed by atoms with E-state index < -0.39 is 17.7 Å². The molecule has 0 aliphatic heterocycles. The summed E-state index contributed by atoms with van der Waals surface area (Å²) in [6.07, 6.45) is -4.13. The predicted octanol–water partition coefficient (Wildman–Crippen LogP) is 4.79. The van der Waals surface area contributed by atoms with Crippen molar-refractivity contribution >= 4 is 27.9 Å². The van der Waals surface area contributed by atoms with E-state index in [0.29, 0.717) is 11.1 Å². The van der Waals surface area contributed by atoms with Crippen molar-refractivity contribution in [2.75, 3.05) is 5.32 Å². The molecule has 0 unspecified atom stereocenters. The molecule has 1 heterocycles. The van der Waals surface area contributed by atoms with Crippen molar-refractivity contribution in [1.29, 1.82) is 0 Å². The van der Waals surface area contributed by atoms with Crippen molar-refractivity contribution in [2.24, 2.45) is 0 Å². The van der Waals surface area contributed by atoms with Crippen molar-refractivity contribution < 1.29 is 18.0 Å². The second-order valence-corrected chi connectivity index (χ2v) is 6.17. The lowest BCUT2D eigenvalue weighted by atomic mass is 10.1. The minimum Gasteiger partial charge on any atom is -0.297 e. The molecule has 8 heteroatoms. The fourth-order valence-electron chi connectivity index (χ4n) is 2.19. The number of carbonyl (C=O) groups is 1. The maximum Gasteiger partial charge on any atom is 0.417 e. The molecule has 3 aromatic rings. The van der Waals surface area contributed by atoms with E-state index in [9.17, 15) is 18.0 Å². The fourth-order valence-corrected chi connectivity index (χ4v) is 2.94. The zero-order chi connectivity index (χ0) is 18.6. The molecule has 3 rings (SSSR count). The molecule has 2 aromatic carbocycles. The van der Waals surface area contributed by atoms with Gasteiger partial charge in [-0.25, -0.2) is 0 Å². The number of nitrogens with zero attached hydrogens (tertiary/aromatic N) is 2. The van der Waals surface area contributed by atoms with Crippen LogP contribution in [0.5, 0.6) is 0 Å². The van der Waals surface area contributed by atoms with Gasteiger partial charge in [0, 0.05) is 11.6 Å². The van der Waals surface area contributed by atoms with Crippen LogP contribution in [0.15, 0.2) is 66.7 Å². The average Bonchev–Trinajstić information content (AvgIpc) is 3.09. The number of halogens is 3. The lowest BCUT2D eigenvalue weighted by Crippen LogP contribution is -2.16. The third kappa shape index (κ3) is 4.34. The highest BCUT2D eigenvalue weighted by Gasteiger charge is 2.35. The van der Waals surface area contributed by atoms with Crippen LogP contribution in [0.4, 0.5) is 18.3 Å². The molecule has 0 radical (unpaired) electrons. The topological polar surface area (TPSA) is 54.9 Å². The predicted molar refractivity (Wildman–Crippen MR) is 94.4 cm³/mol. The maximum absolute atomic E-state index is 13.3. The second kappa shape index (κ2) is 7.49. The van der Waals surface area contributed by atoms with Gasteiger partial charge in [-0.1, -0.05) is 72.0 Å². The van der Waals surface area contributed by atoms with Gasteiger partial charge in [-0.15, -0.1) is 10.2 Å². The van der Waals surface area contributed by atoms with Crippen molar-refractivity contribution in [3.63, 3.8) is 0 Å². The fraction of sp³-hybridized carbons (Fsp3) is 0.0556. The minimum absolute atomic E-state index is 0.0858. The third-order valence-corrected chi connectivity index (χ3v) is 4.23. The molecule has 132 valence electrons. The van der Waals surface area contributed by atoms with Crippen LogP contribution < -0.4 is 5.32 Å². The maximum atomic E-state index is 13.3. The zero-order valence-electron chi connectivity index (χ0n) is 13.2. The quantitative estimate of drug-likeness (QED) is 0.667. The smallest absolute Gasteiger partial charge is 0.297 e. The van der Waals surface area contributed by atoms with E-state index in [0.717, 1.165) is 16.9 Å². The molecule has 26 heavy (non-hydrogen) atoms. The molecular formula is C18H12F3N3OS. The van der Waals surface area contributed by atoms with Gasteiger partial charge in [0.25, 0.3) is 5.91 Å². The summed E-state index contributed by atoms with van der Waals surface area (Å²) < 4.78 is 39.8. The first kappa shape index (κ1) is 17.8. The number of carbonyl (C=O) groups excluding carboxylic acids is 1. The lowest BCUT2D eigenvalue weighted by molar-refractivity contribution is -0.112. The van der Waals surface area contributed by atoms with Gasteiger partial charge in [0.15, 0.2) is 0 Å². The van der Waals surface area contributed by atoms with Gasteiger partial charge in [0.2, 0.25) is 5.13 Å². The van der Waals surface area contributed by atoms with Crippen molar-refractivity contribution in [3.8, 4) is 10.6 Å². The Morgan fingerprint density at radius 3 is 2.19 bits per heavy atom. The van der Waals surface area contributed by atoms with E-state index in [1.807, 2.05) is 30.3 Å². The van der Waals surface area contributed by atoms with Crippen molar-refractivity contribution in [1.82, 2.24) is 10.2 Å². The molecule has 0 fully saturated rings. The summed E-state index contributed by atoms with van der Waals surface area (Å²) in [4.78, 5) is 12.0. The first-order chi connectivity index (χ1) is 12.4. The monoisotopic (exact) mass is 375 g/mol. The highest BCUT2D eigenvalue weighted by Crippen LogP contribution is 2.34. The number of nitrogens with one attached hydrogen (secondary N) is 1. The molecule has 0 atom stereocenters. The van der Waals surface area contributed by atoms with Crippen LogP contribution in [0, 0.1) is 0 Å². The van der Waals surface area contributed by atoms with Crippen LogP contribution in [-0.2, 0) is 4.79 Å². The normalized spacial score (nSPS) is 12.0. The largest absolute Gasteiger partial charge is 0.417 e. The minimum atomic E-state index is -4.66. The number of benzene rings is 2. The molecule has 1 amide bonds. The Hall–Kier alpha value is -3.00. The van der Waals surface area contributed by atoms with E-state index in [2.05, 4.69) is 15.5 Å². The summed E-state index contributed by atoms with van der Waals surface area (Å²) in [5.41, 5.74) is -0.304. The Bertz CT molecular complexity index is 922. The molecule has 0 aliphatic rings. The highest BCUT2D eigenvalue weighted by molar-refractivity contribution is 7.18. The summed E-state index contributed by atoms with van der Waals surface area (Å²) in [7, 11) is 0. The van der Waals surface area contributed by atoms with Crippen LogP contribution in [0.2, 0.25) is 0 Å². The Morgan fingerprint density at radius 1 is 0.962 bits per heavy atom. The molecule has 0 saturated carbocycles. The molecule has 1 N–H and O–H groups in total. The number of amides is 1. The van der Waals surface area contributed by atoms with Gasteiger partial charge in [-0.3, -0.25) is 10.1 Å². The molecule has 4 nitrogen and oxygen atoms in total. The van der Waals surface area contributed by atoms with E-state index >= 15 is 0 Å². The Labute approximate surface area is 151 Å². The zero-order valence-corrected chi connectivity index (χ0v) is 14.0. The van der Waals surface area contributed by atoms with Gasteiger partial charge in [-0.05, 0) is 5.56 Å². The van der Waals surface area contributed by atoms with Gasteiger partial charge < -0.3 is 0 Å². The molecular weight excluding hydrogens is 363 g/mol. The van der Waals surface area contributed by atoms with E-state index in [4.69, 9.17) is 0 Å². The molecule has 0 saturated heterocycles. The van der Waals surface area contributed by atoms with Gasteiger partial charge >= 0.3 is 6.18 Å². The molecule has 0 aliphatic carbocycles. The van der Waals surface area contributed by atoms with Gasteiger partial charge in [-0.2, -0.15) is 13.2 Å². The number of allylic oxidation sites excluding steroid dienone is 1. The standard InChI is InChI=1S/C18H12F3N3OS/c19-18(20,21)14(12-7-3-1-4-8-12)11-15(25)22-17-24-23-16(26-17)13-9-5-2-6-10-13/h1-11H,(H,22,24,25)/b14-11-. The number of hydrogen-bond acceptors (Lipinski definition) is 4. The number of anilines is 1. The third-order valence-electron chi connectivity index (χ3n) is 3.34. The van der Waals surface area contributed by atoms with E-state index in [-0.39, 0.29) is 10.7 Å². The number of alkyl halides is 3. The first-order valence-electron chi connectivity index (χ1n) is 7.48. The molecule has 0 bridgehead atoms. The van der Waals surface area contributed by atoms with Crippen molar-refractivity contribution in [2.45, 2.75) is 6.18 Å². The van der Waals surface area contributed by atoms with Crippen LogP contribution in [0.25, 0.3) is 16.1 Å². The molecule has 1 aromatic heterocycles. The van der Waals surface area contributed by atoms with Crippen LogP contribution in [0.3, 0.4) is 0 Å². The van der Waals surface area contributed by atoms with E-state index in [1.165, 1.54) is 24.3 Å². The molecule has 0 spiro atoms. The summed E-state index contributed by atoms with van der Waals surface area (Å²) in [6.45, 7) is 0. The van der Waals surface area contributed by atoms with Crippen molar-refractivity contribution in [3.05, 3.63) is 72.3 Å². The Morgan fingerprint density at radius 2 is 1.58 bits per heavy atom. The number of hydrogen-bond donors (Lipinski definition) is 1. The lowest BCUT2D eigenvalue weighted by Gasteiger charge is -2.11. The van der Waals surface area contributed by atoms with E-state index in [1.54, 1.807) is 6.07 Å². The SMILES string of the molecule is O=C(/C=C(/c1ccccc1)C(F)(F)F)Nc1nnc(-c2ccccc2)s1. The summed E-state index contributed by atoms with van der Waals surface area (Å²) >= 11 is 1.08. The van der Waals surface area contributed by atoms with Gasteiger partial charge in [0.05, 0.1) is 5.57 Å².